The van der Waals surface area contributed by atoms with Crippen LogP contribution in [-0.4, -0.2) is 40.6 Å². The molecule has 2 aromatic rings. The molecular formula is C16H21N5. The summed E-state index contributed by atoms with van der Waals surface area (Å²) in [5, 5.41) is 3.65. The van der Waals surface area contributed by atoms with Crippen LogP contribution in [0, 0.1) is 5.92 Å². The summed E-state index contributed by atoms with van der Waals surface area (Å²) in [5.41, 5.74) is 1.61. The van der Waals surface area contributed by atoms with Gasteiger partial charge in [0.1, 0.15) is 11.3 Å². The van der Waals surface area contributed by atoms with E-state index in [1.807, 2.05) is 6.07 Å². The Bertz CT molecular complexity index is 617. The molecule has 5 nitrogen and oxygen atoms in total. The first kappa shape index (κ1) is 13.0. The molecule has 0 aromatic carbocycles. The van der Waals surface area contributed by atoms with Gasteiger partial charge < -0.3 is 10.2 Å². The van der Waals surface area contributed by atoms with Gasteiger partial charge in [0.25, 0.3) is 0 Å². The van der Waals surface area contributed by atoms with Gasteiger partial charge in [-0.05, 0) is 50.3 Å². The third-order valence-corrected chi connectivity index (χ3v) is 4.53. The lowest BCUT2D eigenvalue weighted by molar-refractivity contribution is 0.381. The van der Waals surface area contributed by atoms with E-state index in [0.29, 0.717) is 0 Å². The van der Waals surface area contributed by atoms with E-state index in [1.54, 1.807) is 12.4 Å². The van der Waals surface area contributed by atoms with Gasteiger partial charge in [-0.2, -0.15) is 0 Å². The maximum absolute atomic E-state index is 4.64. The zero-order chi connectivity index (χ0) is 14.1. The smallest absolute Gasteiger partial charge is 0.180 e. The van der Waals surface area contributed by atoms with Crippen LogP contribution in [-0.2, 0) is 0 Å². The number of nitrogens with zero attached hydrogens (tertiary/aromatic N) is 4. The van der Waals surface area contributed by atoms with Crippen molar-refractivity contribution >= 4 is 17.0 Å². The van der Waals surface area contributed by atoms with Crippen molar-refractivity contribution in [3.63, 3.8) is 0 Å². The van der Waals surface area contributed by atoms with Gasteiger partial charge in [0.05, 0.1) is 0 Å². The summed E-state index contributed by atoms with van der Waals surface area (Å²) < 4.78 is 0. The molecule has 2 fully saturated rings. The summed E-state index contributed by atoms with van der Waals surface area (Å²) in [6.07, 6.45) is 8.67. The molecule has 1 aliphatic carbocycles. The highest BCUT2D eigenvalue weighted by molar-refractivity contribution is 5.71. The number of hydrogen-bond acceptors (Lipinski definition) is 5. The molecule has 1 saturated carbocycles. The molecule has 3 heterocycles. The average molecular weight is 283 g/mol. The summed E-state index contributed by atoms with van der Waals surface area (Å²) in [7, 11) is 0. The standard InChI is InChI=1S/C16H21N5/c1-2-13(1)19-11-12-5-9-21(10-6-12)15-4-3-14-16(20-15)18-8-7-17-14/h3-4,7-8,12-13,19H,1-2,5-6,9-11H2. The van der Waals surface area contributed by atoms with E-state index in [0.717, 1.165) is 42.0 Å². The first-order chi connectivity index (χ1) is 10.4. The number of nitrogens with one attached hydrogen (secondary N) is 1. The molecular weight excluding hydrogens is 262 g/mol. The number of aromatic nitrogens is 3. The van der Waals surface area contributed by atoms with Gasteiger partial charge in [-0.3, -0.25) is 4.98 Å². The summed E-state index contributed by atoms with van der Waals surface area (Å²) in [6.45, 7) is 3.38. The minimum absolute atomic E-state index is 0.743. The molecule has 2 aromatic heterocycles. The predicted octanol–water partition coefficient (Wildman–Crippen LogP) is 1.99. The third-order valence-electron chi connectivity index (χ3n) is 4.53. The van der Waals surface area contributed by atoms with Crippen molar-refractivity contribution in [1.29, 1.82) is 0 Å². The fourth-order valence-electron chi connectivity index (χ4n) is 3.01. The first-order valence-electron chi connectivity index (χ1n) is 7.94. The highest BCUT2D eigenvalue weighted by atomic mass is 15.2. The number of pyridine rings is 1. The van der Waals surface area contributed by atoms with E-state index in [-0.39, 0.29) is 0 Å². The highest BCUT2D eigenvalue weighted by Crippen LogP contribution is 2.24. The molecule has 2 aliphatic rings. The summed E-state index contributed by atoms with van der Waals surface area (Å²) in [6, 6.07) is 4.91. The monoisotopic (exact) mass is 283 g/mol. The van der Waals surface area contributed by atoms with Gasteiger partial charge in [-0.15, -0.1) is 0 Å². The molecule has 5 heteroatoms. The van der Waals surface area contributed by atoms with E-state index >= 15 is 0 Å². The molecule has 1 N–H and O–H groups in total. The minimum Gasteiger partial charge on any atom is -0.357 e. The molecule has 110 valence electrons. The number of piperidine rings is 1. The lowest BCUT2D eigenvalue weighted by atomic mass is 9.97. The molecule has 0 spiro atoms. The summed E-state index contributed by atoms with van der Waals surface area (Å²) >= 11 is 0. The maximum atomic E-state index is 4.64. The van der Waals surface area contributed by atoms with Crippen LogP contribution in [0.4, 0.5) is 5.82 Å². The average Bonchev–Trinajstić information content (AvgIpc) is 3.37. The maximum Gasteiger partial charge on any atom is 0.180 e. The second-order valence-electron chi connectivity index (χ2n) is 6.18. The van der Waals surface area contributed by atoms with Crippen molar-refractivity contribution in [1.82, 2.24) is 20.3 Å². The van der Waals surface area contributed by atoms with Crippen LogP contribution in [0.5, 0.6) is 0 Å². The molecule has 1 aliphatic heterocycles. The third kappa shape index (κ3) is 2.97. The van der Waals surface area contributed by atoms with E-state index in [2.05, 4.69) is 31.2 Å². The Morgan fingerprint density at radius 3 is 2.67 bits per heavy atom. The lowest BCUT2D eigenvalue weighted by Crippen LogP contribution is -2.38. The summed E-state index contributed by atoms with van der Waals surface area (Å²) in [5.74, 6) is 1.86. The van der Waals surface area contributed by atoms with Crippen molar-refractivity contribution in [2.75, 3.05) is 24.5 Å². The van der Waals surface area contributed by atoms with E-state index in [9.17, 15) is 0 Å². The van der Waals surface area contributed by atoms with Gasteiger partial charge in [0.15, 0.2) is 5.65 Å². The molecule has 0 radical (unpaired) electrons. The van der Waals surface area contributed by atoms with Crippen LogP contribution < -0.4 is 10.2 Å². The first-order valence-corrected chi connectivity index (χ1v) is 7.94. The Balaban J connectivity index is 1.39. The topological polar surface area (TPSA) is 53.9 Å². The number of fused-ring (bicyclic) bond motifs is 1. The van der Waals surface area contributed by atoms with E-state index in [1.165, 1.54) is 32.2 Å². The van der Waals surface area contributed by atoms with Crippen LogP contribution in [0.3, 0.4) is 0 Å². The Kier molecular flexibility index (Phi) is 3.43. The van der Waals surface area contributed by atoms with Gasteiger partial charge in [0.2, 0.25) is 0 Å². The van der Waals surface area contributed by atoms with Gasteiger partial charge in [0, 0.05) is 31.5 Å². The lowest BCUT2D eigenvalue weighted by Gasteiger charge is -2.33. The zero-order valence-electron chi connectivity index (χ0n) is 12.2. The molecule has 21 heavy (non-hydrogen) atoms. The Labute approximate surface area is 124 Å². The van der Waals surface area contributed by atoms with Crippen LogP contribution in [0.15, 0.2) is 24.5 Å². The minimum atomic E-state index is 0.743. The van der Waals surface area contributed by atoms with Crippen LogP contribution in [0.1, 0.15) is 25.7 Å². The van der Waals surface area contributed by atoms with Crippen molar-refractivity contribution in [2.24, 2.45) is 5.92 Å². The van der Waals surface area contributed by atoms with Crippen molar-refractivity contribution < 1.29 is 0 Å². The largest absolute Gasteiger partial charge is 0.357 e. The zero-order valence-corrected chi connectivity index (χ0v) is 12.2. The number of hydrogen-bond donors (Lipinski definition) is 1. The highest BCUT2D eigenvalue weighted by Gasteiger charge is 2.24. The fourth-order valence-corrected chi connectivity index (χ4v) is 3.01. The van der Waals surface area contributed by atoms with E-state index in [4.69, 9.17) is 0 Å². The molecule has 4 rings (SSSR count). The molecule has 1 saturated heterocycles. The second-order valence-corrected chi connectivity index (χ2v) is 6.18. The Morgan fingerprint density at radius 2 is 1.86 bits per heavy atom. The van der Waals surface area contributed by atoms with Gasteiger partial charge >= 0.3 is 0 Å². The molecule has 0 atom stereocenters. The number of rotatable bonds is 4. The van der Waals surface area contributed by atoms with Gasteiger partial charge in [-0.1, -0.05) is 0 Å². The van der Waals surface area contributed by atoms with Crippen LogP contribution in [0.25, 0.3) is 11.2 Å². The van der Waals surface area contributed by atoms with Crippen molar-refractivity contribution in [2.45, 2.75) is 31.7 Å². The van der Waals surface area contributed by atoms with Crippen molar-refractivity contribution in [3.8, 4) is 0 Å². The SMILES string of the molecule is c1cnc2nc(N3CCC(CNC4CC4)CC3)ccc2n1. The van der Waals surface area contributed by atoms with Crippen LogP contribution in [0.2, 0.25) is 0 Å². The second kappa shape index (κ2) is 5.56. The van der Waals surface area contributed by atoms with Crippen LogP contribution >= 0.6 is 0 Å². The Hall–Kier alpha value is -1.75. The molecule has 0 unspecified atom stereocenters. The van der Waals surface area contributed by atoms with E-state index < -0.39 is 0 Å². The number of anilines is 1. The molecule has 0 amide bonds. The van der Waals surface area contributed by atoms with Gasteiger partial charge in [-0.25, -0.2) is 9.97 Å². The fraction of sp³-hybridized carbons (Fsp3) is 0.562. The quantitative estimate of drug-likeness (QED) is 0.930. The predicted molar refractivity (Wildman–Crippen MR) is 83.3 cm³/mol. The normalized spacial score (nSPS) is 20.1. The Morgan fingerprint density at radius 1 is 1.05 bits per heavy atom. The molecule has 0 bridgehead atoms. The summed E-state index contributed by atoms with van der Waals surface area (Å²) in [4.78, 5) is 15.6. The van der Waals surface area contributed by atoms with Crippen molar-refractivity contribution in [3.05, 3.63) is 24.5 Å².